The standard InChI is InChI=1S/C22H28O4.C21H22O4S/c1-8-9-16-12-17(26-21(24)22(5,6)7)19(20(23)25-16)18-14(3)10-13(2)11-15(18)4;1-12-9-13(2)19(14(3)10-12)20-17(22)11-16(25-21(20)23)6-8-26-18-5-7-24-15(18)4/h10-12H,8-9H2,1-7H3;5,7,9-11,22H,6,8H2,1-4H3. The molecule has 0 saturated carbocycles. The Labute approximate surface area is 310 Å². The molecule has 0 amide bonds. The summed E-state index contributed by atoms with van der Waals surface area (Å²) in [5.41, 5.74) is 6.46. The molecule has 0 saturated heterocycles. The average molecular weight is 727 g/mol. The van der Waals surface area contributed by atoms with E-state index in [2.05, 4.69) is 0 Å². The maximum Gasteiger partial charge on any atom is 0.347 e. The first-order valence-electron chi connectivity index (χ1n) is 17.5. The minimum absolute atomic E-state index is 0.0317. The van der Waals surface area contributed by atoms with Gasteiger partial charge in [-0.1, -0.05) is 42.3 Å². The molecule has 276 valence electrons. The number of benzene rings is 2. The molecule has 5 rings (SSSR count). The molecule has 2 aromatic carbocycles. The number of hydrogen-bond donors (Lipinski definition) is 1. The van der Waals surface area contributed by atoms with Crippen molar-refractivity contribution in [3.8, 4) is 33.8 Å². The highest BCUT2D eigenvalue weighted by Gasteiger charge is 2.27. The van der Waals surface area contributed by atoms with Crippen LogP contribution in [0.15, 0.2) is 76.5 Å². The third-order valence-electron chi connectivity index (χ3n) is 8.53. The maximum absolute atomic E-state index is 12.8. The summed E-state index contributed by atoms with van der Waals surface area (Å²) in [7, 11) is 0. The van der Waals surface area contributed by atoms with Crippen molar-refractivity contribution in [2.24, 2.45) is 5.41 Å². The Morgan fingerprint density at radius 1 is 0.731 bits per heavy atom. The highest BCUT2D eigenvalue weighted by Crippen LogP contribution is 2.36. The van der Waals surface area contributed by atoms with Crippen LogP contribution in [0.25, 0.3) is 22.3 Å². The molecule has 8 nitrogen and oxygen atoms in total. The van der Waals surface area contributed by atoms with Gasteiger partial charge in [0, 0.05) is 35.6 Å². The van der Waals surface area contributed by atoms with E-state index in [1.54, 1.807) is 50.9 Å². The molecule has 0 aliphatic heterocycles. The van der Waals surface area contributed by atoms with Crippen molar-refractivity contribution in [1.29, 1.82) is 0 Å². The summed E-state index contributed by atoms with van der Waals surface area (Å²) in [6.07, 6.45) is 3.65. The largest absolute Gasteiger partial charge is 0.507 e. The van der Waals surface area contributed by atoms with Gasteiger partial charge in [-0.3, -0.25) is 4.79 Å². The molecule has 1 N–H and O–H groups in total. The number of aryl methyl sites for hydroxylation is 9. The third-order valence-corrected chi connectivity index (χ3v) is 9.67. The zero-order chi connectivity index (χ0) is 38.5. The minimum atomic E-state index is -0.671. The molecule has 0 spiro atoms. The summed E-state index contributed by atoms with van der Waals surface area (Å²) in [5, 5.41) is 10.5. The van der Waals surface area contributed by atoms with Crippen LogP contribution in [0.1, 0.15) is 84.8 Å². The second kappa shape index (κ2) is 16.7. The van der Waals surface area contributed by atoms with Gasteiger partial charge in [0.1, 0.15) is 39.9 Å². The monoisotopic (exact) mass is 726 g/mol. The quantitative estimate of drug-likeness (QED) is 0.117. The van der Waals surface area contributed by atoms with Crippen LogP contribution in [0, 0.1) is 53.9 Å². The normalized spacial score (nSPS) is 11.3. The SMILES string of the molecule is CCCc1cc(OC(=O)C(C)(C)C)c(-c2c(C)cc(C)cc2C)c(=O)o1.Cc1cc(C)c(-c2c(O)cc(CCSc3ccoc3C)oc2=O)c(C)c1. The fourth-order valence-electron chi connectivity index (χ4n) is 6.26. The lowest BCUT2D eigenvalue weighted by Gasteiger charge is -2.19. The molecule has 0 aliphatic rings. The van der Waals surface area contributed by atoms with E-state index < -0.39 is 16.7 Å². The predicted octanol–water partition coefficient (Wildman–Crippen LogP) is 10.3. The molecule has 5 aromatic rings. The number of furan rings is 1. The smallest absolute Gasteiger partial charge is 0.347 e. The van der Waals surface area contributed by atoms with Gasteiger partial charge in [-0.15, -0.1) is 11.8 Å². The third kappa shape index (κ3) is 9.56. The highest BCUT2D eigenvalue weighted by atomic mass is 32.2. The van der Waals surface area contributed by atoms with Crippen molar-refractivity contribution in [3.63, 3.8) is 0 Å². The van der Waals surface area contributed by atoms with Gasteiger partial charge in [0.25, 0.3) is 0 Å². The van der Waals surface area contributed by atoms with Crippen LogP contribution >= 0.6 is 11.8 Å². The number of thioether (sulfide) groups is 1. The van der Waals surface area contributed by atoms with E-state index in [1.807, 2.05) is 85.7 Å². The summed E-state index contributed by atoms with van der Waals surface area (Å²) < 4.78 is 21.9. The Bertz CT molecular complexity index is 2150. The number of carbonyl (C=O) groups is 1. The molecule has 0 radical (unpaired) electrons. The molecule has 52 heavy (non-hydrogen) atoms. The van der Waals surface area contributed by atoms with Gasteiger partial charge in [-0.25, -0.2) is 9.59 Å². The summed E-state index contributed by atoms with van der Waals surface area (Å²) in [6.45, 7) is 21.1. The number of hydrogen-bond acceptors (Lipinski definition) is 9. The van der Waals surface area contributed by atoms with Crippen LogP contribution in [-0.2, 0) is 17.6 Å². The highest BCUT2D eigenvalue weighted by molar-refractivity contribution is 7.99. The van der Waals surface area contributed by atoms with Gasteiger partial charge in [0.2, 0.25) is 0 Å². The predicted molar refractivity (Wildman–Crippen MR) is 208 cm³/mol. The molecule has 0 unspecified atom stereocenters. The van der Waals surface area contributed by atoms with Gasteiger partial charge in [0.05, 0.1) is 11.7 Å². The van der Waals surface area contributed by atoms with E-state index in [-0.39, 0.29) is 23.0 Å². The van der Waals surface area contributed by atoms with Gasteiger partial charge >= 0.3 is 17.2 Å². The number of ether oxygens (including phenoxy) is 1. The first-order chi connectivity index (χ1) is 24.4. The molecule has 0 bridgehead atoms. The van der Waals surface area contributed by atoms with Gasteiger partial charge in [0.15, 0.2) is 0 Å². The fraction of sp³-hybridized carbons (Fsp3) is 0.372. The lowest BCUT2D eigenvalue weighted by atomic mass is 9.93. The van der Waals surface area contributed by atoms with Crippen molar-refractivity contribution in [3.05, 3.63) is 120 Å². The average Bonchev–Trinajstić information content (AvgIpc) is 3.43. The summed E-state index contributed by atoms with van der Waals surface area (Å²) in [4.78, 5) is 38.9. The number of aromatic hydroxyl groups is 1. The van der Waals surface area contributed by atoms with Crippen molar-refractivity contribution in [2.45, 2.75) is 100 Å². The Morgan fingerprint density at radius 2 is 1.23 bits per heavy atom. The van der Waals surface area contributed by atoms with Crippen molar-refractivity contribution in [2.75, 3.05) is 5.75 Å². The van der Waals surface area contributed by atoms with E-state index >= 15 is 0 Å². The van der Waals surface area contributed by atoms with E-state index in [9.17, 15) is 19.5 Å². The fourth-order valence-corrected chi connectivity index (χ4v) is 7.19. The topological polar surface area (TPSA) is 120 Å². The molecular weight excluding hydrogens is 677 g/mol. The lowest BCUT2D eigenvalue weighted by molar-refractivity contribution is -0.142. The Kier molecular flexibility index (Phi) is 12.9. The van der Waals surface area contributed by atoms with Crippen LogP contribution in [0.3, 0.4) is 0 Å². The molecule has 0 fully saturated rings. The molecule has 3 heterocycles. The lowest BCUT2D eigenvalue weighted by Crippen LogP contribution is -2.26. The number of rotatable bonds is 9. The van der Waals surface area contributed by atoms with Crippen molar-refractivity contribution in [1.82, 2.24) is 0 Å². The summed E-state index contributed by atoms with van der Waals surface area (Å²) in [5.74, 6) is 2.47. The van der Waals surface area contributed by atoms with Crippen LogP contribution in [-0.4, -0.2) is 16.8 Å². The van der Waals surface area contributed by atoms with Crippen LogP contribution in [0.5, 0.6) is 11.5 Å². The Morgan fingerprint density at radius 3 is 1.69 bits per heavy atom. The number of esters is 1. The molecule has 0 aliphatic carbocycles. The zero-order valence-electron chi connectivity index (χ0n) is 32.2. The van der Waals surface area contributed by atoms with Crippen molar-refractivity contribution >= 4 is 17.7 Å². The summed E-state index contributed by atoms with van der Waals surface area (Å²) in [6, 6.07) is 13.2. The van der Waals surface area contributed by atoms with E-state index in [1.165, 1.54) is 0 Å². The van der Waals surface area contributed by atoms with E-state index in [0.29, 0.717) is 29.9 Å². The molecule has 9 heteroatoms. The van der Waals surface area contributed by atoms with Gasteiger partial charge < -0.3 is 23.1 Å². The first kappa shape index (κ1) is 40.0. The zero-order valence-corrected chi connectivity index (χ0v) is 33.0. The van der Waals surface area contributed by atoms with E-state index in [0.717, 1.165) is 67.3 Å². The van der Waals surface area contributed by atoms with Crippen LogP contribution in [0.2, 0.25) is 0 Å². The van der Waals surface area contributed by atoms with Gasteiger partial charge in [-0.05, 0) is 115 Å². The second-order valence-electron chi connectivity index (χ2n) is 14.4. The van der Waals surface area contributed by atoms with E-state index in [4.69, 9.17) is 18.0 Å². The first-order valence-corrected chi connectivity index (χ1v) is 18.5. The number of carbonyl (C=O) groups excluding carboxylic acids is 1. The summed E-state index contributed by atoms with van der Waals surface area (Å²) >= 11 is 1.63. The minimum Gasteiger partial charge on any atom is -0.507 e. The Hall–Kier alpha value is -4.76. The van der Waals surface area contributed by atoms with Gasteiger partial charge in [-0.2, -0.15) is 0 Å². The Balaban J connectivity index is 0.000000233. The second-order valence-corrected chi connectivity index (χ2v) is 15.5. The van der Waals surface area contributed by atoms with Crippen LogP contribution in [0.4, 0.5) is 0 Å². The molecule has 0 atom stereocenters. The molecule has 3 aromatic heterocycles. The molecular formula is C43H50O8S. The maximum atomic E-state index is 12.8. The van der Waals surface area contributed by atoms with Crippen molar-refractivity contribution < 1.29 is 27.9 Å². The van der Waals surface area contributed by atoms with Crippen LogP contribution < -0.4 is 16.0 Å².